The van der Waals surface area contributed by atoms with Gasteiger partial charge in [-0.15, -0.1) is 0 Å². The average molecular weight is 346 g/mol. The lowest BCUT2D eigenvalue weighted by molar-refractivity contribution is -0.135. The molecule has 1 amide bonds. The van der Waals surface area contributed by atoms with E-state index in [1.807, 2.05) is 11.0 Å². The Kier molecular flexibility index (Phi) is 4.76. The van der Waals surface area contributed by atoms with Crippen LogP contribution in [0.5, 0.6) is 0 Å². The zero-order valence-corrected chi connectivity index (χ0v) is 13.6. The normalized spacial score (nSPS) is 14.6. The Labute approximate surface area is 143 Å². The molecule has 0 aliphatic carbocycles. The summed E-state index contributed by atoms with van der Waals surface area (Å²) in [5, 5.41) is 9.63. The maximum absolute atomic E-state index is 14.0. The lowest BCUT2D eigenvalue weighted by Gasteiger charge is -2.36. The number of hydrogen-bond acceptors (Lipinski definition) is 5. The summed E-state index contributed by atoms with van der Waals surface area (Å²) in [6, 6.07) is 3.98. The summed E-state index contributed by atoms with van der Waals surface area (Å²) in [4.78, 5) is 19.4. The van der Waals surface area contributed by atoms with Gasteiger partial charge in [0.25, 0.3) is 0 Å². The van der Waals surface area contributed by atoms with Crippen LogP contribution in [-0.4, -0.2) is 55.7 Å². The Hall–Kier alpha value is -2.79. The van der Waals surface area contributed by atoms with Crippen LogP contribution in [0.1, 0.15) is 5.56 Å². The highest BCUT2D eigenvalue weighted by molar-refractivity contribution is 5.95. The molecule has 1 aliphatic rings. The smallest absolute Gasteiger partial charge is 0.248 e. The fourth-order valence-corrected chi connectivity index (χ4v) is 3.03. The highest BCUT2D eigenvalue weighted by Crippen LogP contribution is 2.32. The van der Waals surface area contributed by atoms with Crippen molar-refractivity contribution in [1.29, 1.82) is 5.26 Å². The van der Waals surface area contributed by atoms with E-state index in [4.69, 9.17) is 4.74 Å². The number of nitriles is 1. The molecule has 0 bridgehead atoms. The molecule has 1 saturated heterocycles. The number of anilines is 1. The van der Waals surface area contributed by atoms with E-state index in [0.29, 0.717) is 31.9 Å². The number of rotatable bonds is 3. The van der Waals surface area contributed by atoms with Gasteiger partial charge >= 0.3 is 0 Å². The first-order chi connectivity index (χ1) is 12.0. The number of pyridine rings is 1. The first-order valence-corrected chi connectivity index (χ1v) is 7.74. The van der Waals surface area contributed by atoms with Gasteiger partial charge in [0.1, 0.15) is 24.0 Å². The molecule has 25 heavy (non-hydrogen) atoms. The zero-order chi connectivity index (χ0) is 18.0. The lowest BCUT2D eigenvalue weighted by atomic mass is 10.1. The van der Waals surface area contributed by atoms with Crippen molar-refractivity contribution in [1.82, 2.24) is 9.88 Å². The third kappa shape index (κ3) is 3.23. The SMILES string of the molecule is COCC(=O)N1CCN(c2c(C#N)cnc3c(F)cc(F)cc23)CC1. The van der Waals surface area contributed by atoms with E-state index in [0.717, 1.165) is 6.07 Å². The zero-order valence-electron chi connectivity index (χ0n) is 13.6. The fourth-order valence-electron chi connectivity index (χ4n) is 3.03. The van der Waals surface area contributed by atoms with Crippen LogP contribution in [-0.2, 0) is 9.53 Å². The Bertz CT molecular complexity index is 858. The maximum Gasteiger partial charge on any atom is 0.248 e. The van der Waals surface area contributed by atoms with Crippen molar-refractivity contribution in [3.8, 4) is 6.07 Å². The molecule has 0 spiro atoms. The fraction of sp³-hybridized carbons (Fsp3) is 0.353. The number of halogens is 2. The lowest BCUT2D eigenvalue weighted by Crippen LogP contribution is -2.50. The van der Waals surface area contributed by atoms with Crippen LogP contribution in [0.25, 0.3) is 10.9 Å². The number of aromatic nitrogens is 1. The molecular weight excluding hydrogens is 330 g/mol. The van der Waals surface area contributed by atoms with E-state index in [2.05, 4.69) is 4.98 Å². The number of carbonyl (C=O) groups excluding carboxylic acids is 1. The molecule has 6 nitrogen and oxygen atoms in total. The summed E-state index contributed by atoms with van der Waals surface area (Å²) >= 11 is 0. The topological polar surface area (TPSA) is 69.5 Å². The van der Waals surface area contributed by atoms with Crippen LogP contribution < -0.4 is 4.90 Å². The first kappa shape index (κ1) is 17.0. The van der Waals surface area contributed by atoms with Crippen molar-refractivity contribution in [2.45, 2.75) is 0 Å². The molecule has 2 aromatic rings. The number of methoxy groups -OCH3 is 1. The van der Waals surface area contributed by atoms with Crippen LogP contribution in [0.3, 0.4) is 0 Å². The minimum Gasteiger partial charge on any atom is -0.375 e. The van der Waals surface area contributed by atoms with Gasteiger partial charge in [0.2, 0.25) is 5.91 Å². The van der Waals surface area contributed by atoms with Gasteiger partial charge in [-0.1, -0.05) is 0 Å². The van der Waals surface area contributed by atoms with E-state index in [9.17, 15) is 18.8 Å². The molecule has 1 aliphatic heterocycles. The van der Waals surface area contributed by atoms with E-state index in [1.54, 1.807) is 4.90 Å². The monoisotopic (exact) mass is 346 g/mol. The largest absolute Gasteiger partial charge is 0.375 e. The van der Waals surface area contributed by atoms with Gasteiger partial charge < -0.3 is 14.5 Å². The van der Waals surface area contributed by atoms with Crippen molar-refractivity contribution in [2.24, 2.45) is 0 Å². The van der Waals surface area contributed by atoms with Gasteiger partial charge in [0.15, 0.2) is 5.82 Å². The van der Waals surface area contributed by atoms with Gasteiger partial charge in [-0.25, -0.2) is 8.78 Å². The molecule has 8 heteroatoms. The van der Waals surface area contributed by atoms with Gasteiger partial charge in [0.05, 0.1) is 11.3 Å². The van der Waals surface area contributed by atoms with E-state index in [1.165, 1.54) is 19.4 Å². The van der Waals surface area contributed by atoms with Gasteiger partial charge in [-0.3, -0.25) is 9.78 Å². The van der Waals surface area contributed by atoms with Gasteiger partial charge in [0, 0.05) is 50.9 Å². The molecule has 0 atom stereocenters. The van der Waals surface area contributed by atoms with E-state index in [-0.39, 0.29) is 29.0 Å². The van der Waals surface area contributed by atoms with Crippen LogP contribution >= 0.6 is 0 Å². The van der Waals surface area contributed by atoms with Crippen molar-refractivity contribution < 1.29 is 18.3 Å². The Morgan fingerprint density at radius 2 is 2.04 bits per heavy atom. The standard InChI is InChI=1S/C17H16F2N4O2/c1-25-10-15(24)22-2-4-23(5-3-22)17-11(8-20)9-21-16-13(17)6-12(18)7-14(16)19/h6-7,9H,2-5,10H2,1H3. The maximum atomic E-state index is 14.0. The second-order valence-corrected chi connectivity index (χ2v) is 5.72. The predicted octanol–water partition coefficient (Wildman–Crippen LogP) is 1.68. The minimum absolute atomic E-state index is 0.0120. The number of hydrogen-bond donors (Lipinski definition) is 0. The quantitative estimate of drug-likeness (QED) is 0.846. The van der Waals surface area contributed by atoms with Crippen LogP contribution in [0.2, 0.25) is 0 Å². The molecule has 3 rings (SSSR count). The molecule has 0 radical (unpaired) electrons. The van der Waals surface area contributed by atoms with Gasteiger partial charge in [-0.05, 0) is 6.07 Å². The highest BCUT2D eigenvalue weighted by atomic mass is 19.1. The minimum atomic E-state index is -0.769. The Balaban J connectivity index is 1.96. The predicted molar refractivity (Wildman–Crippen MR) is 87.0 cm³/mol. The molecule has 0 unspecified atom stereocenters. The molecule has 1 aromatic heterocycles. The van der Waals surface area contributed by atoms with Crippen molar-refractivity contribution in [3.63, 3.8) is 0 Å². The molecule has 130 valence electrons. The molecule has 0 saturated carbocycles. The summed E-state index contributed by atoms with van der Waals surface area (Å²) in [5.74, 6) is -1.61. The van der Waals surface area contributed by atoms with Crippen LogP contribution in [0, 0.1) is 23.0 Å². The summed E-state index contributed by atoms with van der Waals surface area (Å²) in [7, 11) is 1.46. The average Bonchev–Trinajstić information content (AvgIpc) is 2.61. The molecule has 0 N–H and O–H groups in total. The van der Waals surface area contributed by atoms with Crippen molar-refractivity contribution in [3.05, 3.63) is 35.5 Å². The number of carbonyl (C=O) groups is 1. The Morgan fingerprint density at radius 3 is 2.68 bits per heavy atom. The molecule has 2 heterocycles. The molecular formula is C17H16F2N4O2. The van der Waals surface area contributed by atoms with E-state index < -0.39 is 11.6 Å². The molecule has 1 fully saturated rings. The van der Waals surface area contributed by atoms with Crippen LogP contribution in [0.15, 0.2) is 18.3 Å². The summed E-state index contributed by atoms with van der Waals surface area (Å²) in [6.07, 6.45) is 1.29. The third-order valence-electron chi connectivity index (χ3n) is 4.20. The Morgan fingerprint density at radius 1 is 1.32 bits per heavy atom. The number of benzene rings is 1. The summed E-state index contributed by atoms with van der Waals surface area (Å²) in [6.45, 7) is 1.78. The summed E-state index contributed by atoms with van der Waals surface area (Å²) in [5.41, 5.74) is 0.715. The molecule has 1 aromatic carbocycles. The van der Waals surface area contributed by atoms with Crippen molar-refractivity contribution >= 4 is 22.5 Å². The number of ether oxygens (including phenoxy) is 1. The second-order valence-electron chi connectivity index (χ2n) is 5.72. The number of piperazine rings is 1. The van der Waals surface area contributed by atoms with E-state index >= 15 is 0 Å². The highest BCUT2D eigenvalue weighted by Gasteiger charge is 2.25. The van der Waals surface area contributed by atoms with Gasteiger partial charge in [-0.2, -0.15) is 5.26 Å². The number of amides is 1. The van der Waals surface area contributed by atoms with Crippen LogP contribution in [0.4, 0.5) is 14.5 Å². The first-order valence-electron chi connectivity index (χ1n) is 7.74. The second kappa shape index (κ2) is 6.99. The third-order valence-corrected chi connectivity index (χ3v) is 4.20. The summed E-state index contributed by atoms with van der Waals surface area (Å²) < 4.78 is 32.6. The van der Waals surface area contributed by atoms with Crippen molar-refractivity contribution in [2.75, 3.05) is 44.8 Å². The number of fused-ring (bicyclic) bond motifs is 1. The number of nitrogens with zero attached hydrogens (tertiary/aromatic N) is 4.